The second kappa shape index (κ2) is 7.97. The van der Waals surface area contributed by atoms with Crippen molar-refractivity contribution < 1.29 is 13.9 Å². The maximum Gasteiger partial charge on any atom is 0.224 e. The highest BCUT2D eigenvalue weighted by Crippen LogP contribution is 2.26. The summed E-state index contributed by atoms with van der Waals surface area (Å²) in [5, 5.41) is 3.11. The Bertz CT molecular complexity index is 564. The number of piperidine rings is 1. The summed E-state index contributed by atoms with van der Waals surface area (Å²) in [6.07, 6.45) is 7.54. The SMILES string of the molecule is COc1ccc(F)cc1CC(=O)NC1CCN(C2CCCC2)CC1. The van der Waals surface area contributed by atoms with Gasteiger partial charge in [-0.25, -0.2) is 4.39 Å². The van der Waals surface area contributed by atoms with Gasteiger partial charge in [-0.3, -0.25) is 4.79 Å². The van der Waals surface area contributed by atoms with Gasteiger partial charge < -0.3 is 15.0 Å². The van der Waals surface area contributed by atoms with Gasteiger partial charge in [-0.1, -0.05) is 12.8 Å². The van der Waals surface area contributed by atoms with Crippen LogP contribution in [0.2, 0.25) is 0 Å². The van der Waals surface area contributed by atoms with E-state index < -0.39 is 0 Å². The molecule has 0 unspecified atom stereocenters. The molecule has 0 spiro atoms. The molecule has 4 nitrogen and oxygen atoms in total. The molecule has 1 aliphatic heterocycles. The highest BCUT2D eigenvalue weighted by Gasteiger charge is 2.27. The summed E-state index contributed by atoms with van der Waals surface area (Å²) in [4.78, 5) is 14.9. The number of carbonyl (C=O) groups is 1. The molecular weight excluding hydrogens is 307 g/mol. The Morgan fingerprint density at radius 1 is 1.25 bits per heavy atom. The lowest BCUT2D eigenvalue weighted by atomic mass is 10.0. The van der Waals surface area contributed by atoms with Gasteiger partial charge in [-0.2, -0.15) is 0 Å². The number of halogens is 1. The highest BCUT2D eigenvalue weighted by molar-refractivity contribution is 5.79. The van der Waals surface area contributed by atoms with Gasteiger partial charge in [0, 0.05) is 30.7 Å². The summed E-state index contributed by atoms with van der Waals surface area (Å²) >= 11 is 0. The zero-order valence-electron chi connectivity index (χ0n) is 14.4. The molecule has 0 bridgehead atoms. The van der Waals surface area contributed by atoms with Crippen molar-refractivity contribution in [3.05, 3.63) is 29.6 Å². The van der Waals surface area contributed by atoms with Crippen LogP contribution >= 0.6 is 0 Å². The number of carbonyl (C=O) groups excluding carboxylic acids is 1. The van der Waals surface area contributed by atoms with Crippen molar-refractivity contribution in [2.75, 3.05) is 20.2 Å². The van der Waals surface area contributed by atoms with Crippen molar-refractivity contribution in [1.82, 2.24) is 10.2 Å². The minimum Gasteiger partial charge on any atom is -0.496 e. The molecule has 0 aromatic heterocycles. The molecule has 2 aliphatic rings. The normalized spacial score (nSPS) is 20.2. The lowest BCUT2D eigenvalue weighted by Crippen LogP contribution is -2.47. The average Bonchev–Trinajstić information content (AvgIpc) is 3.10. The van der Waals surface area contributed by atoms with E-state index in [1.807, 2.05) is 0 Å². The Morgan fingerprint density at radius 3 is 2.62 bits per heavy atom. The number of nitrogens with one attached hydrogen (secondary N) is 1. The van der Waals surface area contributed by atoms with Gasteiger partial charge in [0.1, 0.15) is 11.6 Å². The van der Waals surface area contributed by atoms with Crippen LogP contribution in [0.25, 0.3) is 0 Å². The standard InChI is InChI=1S/C19H27FN2O2/c1-24-18-7-6-15(20)12-14(18)13-19(23)21-16-8-10-22(11-9-16)17-4-2-3-5-17/h6-7,12,16-17H,2-5,8-11,13H2,1H3,(H,21,23). The lowest BCUT2D eigenvalue weighted by molar-refractivity contribution is -0.121. The highest BCUT2D eigenvalue weighted by atomic mass is 19.1. The number of nitrogens with zero attached hydrogens (tertiary/aromatic N) is 1. The third-order valence-corrected chi connectivity index (χ3v) is 5.33. The Kier molecular flexibility index (Phi) is 5.72. The first kappa shape index (κ1) is 17.2. The lowest BCUT2D eigenvalue weighted by Gasteiger charge is -2.36. The summed E-state index contributed by atoms with van der Waals surface area (Å²) in [7, 11) is 1.54. The number of methoxy groups -OCH3 is 1. The van der Waals surface area contributed by atoms with E-state index in [2.05, 4.69) is 10.2 Å². The number of rotatable bonds is 5. The number of hydrogen-bond donors (Lipinski definition) is 1. The summed E-state index contributed by atoms with van der Waals surface area (Å²) in [5.41, 5.74) is 0.596. The Morgan fingerprint density at radius 2 is 1.96 bits per heavy atom. The molecule has 0 atom stereocenters. The molecule has 1 amide bonds. The van der Waals surface area contributed by atoms with Gasteiger partial charge in [0.25, 0.3) is 0 Å². The zero-order chi connectivity index (χ0) is 16.9. The van der Waals surface area contributed by atoms with Gasteiger partial charge in [-0.05, 0) is 43.9 Å². The number of ether oxygens (including phenoxy) is 1. The summed E-state index contributed by atoms with van der Waals surface area (Å²) in [6.45, 7) is 2.14. The number of hydrogen-bond acceptors (Lipinski definition) is 3. The van der Waals surface area contributed by atoms with Gasteiger partial charge in [-0.15, -0.1) is 0 Å². The molecule has 2 fully saturated rings. The first-order valence-electron chi connectivity index (χ1n) is 9.01. The molecule has 1 saturated carbocycles. The van der Waals surface area contributed by atoms with Crippen molar-refractivity contribution in [1.29, 1.82) is 0 Å². The van der Waals surface area contributed by atoms with Crippen LogP contribution in [0.4, 0.5) is 4.39 Å². The molecule has 1 heterocycles. The summed E-state index contributed by atoms with van der Waals surface area (Å²) < 4.78 is 18.6. The van der Waals surface area contributed by atoms with Crippen molar-refractivity contribution >= 4 is 5.91 Å². The molecule has 3 rings (SSSR count). The monoisotopic (exact) mass is 334 g/mol. The quantitative estimate of drug-likeness (QED) is 0.900. The first-order chi connectivity index (χ1) is 11.7. The second-order valence-electron chi connectivity index (χ2n) is 6.95. The fourth-order valence-corrected chi connectivity index (χ4v) is 4.02. The van der Waals surface area contributed by atoms with E-state index in [9.17, 15) is 9.18 Å². The first-order valence-corrected chi connectivity index (χ1v) is 9.01. The molecule has 1 aromatic rings. The molecule has 132 valence electrons. The maximum atomic E-state index is 13.4. The van der Waals surface area contributed by atoms with Crippen molar-refractivity contribution in [3.63, 3.8) is 0 Å². The number of likely N-dealkylation sites (tertiary alicyclic amines) is 1. The van der Waals surface area contributed by atoms with Crippen LogP contribution < -0.4 is 10.1 Å². The molecule has 1 aromatic carbocycles. The third-order valence-electron chi connectivity index (χ3n) is 5.33. The molecule has 1 N–H and O–H groups in total. The molecule has 0 radical (unpaired) electrons. The van der Waals surface area contributed by atoms with E-state index in [1.165, 1.54) is 44.9 Å². The van der Waals surface area contributed by atoms with E-state index in [0.29, 0.717) is 11.3 Å². The van der Waals surface area contributed by atoms with Crippen LogP contribution in [-0.2, 0) is 11.2 Å². The largest absolute Gasteiger partial charge is 0.496 e. The number of amides is 1. The van der Waals surface area contributed by atoms with Crippen LogP contribution in [0, 0.1) is 5.82 Å². The molecule has 24 heavy (non-hydrogen) atoms. The van der Waals surface area contributed by atoms with E-state index in [0.717, 1.165) is 32.0 Å². The van der Waals surface area contributed by atoms with E-state index >= 15 is 0 Å². The minimum absolute atomic E-state index is 0.0572. The second-order valence-corrected chi connectivity index (χ2v) is 6.95. The van der Waals surface area contributed by atoms with Crippen molar-refractivity contribution in [2.45, 2.75) is 57.0 Å². The van der Waals surface area contributed by atoms with Gasteiger partial charge in [0.2, 0.25) is 5.91 Å². The average molecular weight is 334 g/mol. The predicted octanol–water partition coefficient (Wildman–Crippen LogP) is 2.90. The van der Waals surface area contributed by atoms with E-state index in [4.69, 9.17) is 4.74 Å². The zero-order valence-corrected chi connectivity index (χ0v) is 14.4. The summed E-state index contributed by atoms with van der Waals surface area (Å²) in [5.74, 6) is 0.157. The van der Waals surface area contributed by atoms with Crippen molar-refractivity contribution in [3.8, 4) is 5.75 Å². The van der Waals surface area contributed by atoms with Crippen LogP contribution in [0.15, 0.2) is 18.2 Å². The maximum absolute atomic E-state index is 13.4. The molecule has 5 heteroatoms. The summed E-state index contributed by atoms with van der Waals surface area (Å²) in [6, 6.07) is 5.28. The van der Waals surface area contributed by atoms with Crippen LogP contribution in [0.5, 0.6) is 5.75 Å². The smallest absolute Gasteiger partial charge is 0.224 e. The Labute approximate surface area is 143 Å². The van der Waals surface area contributed by atoms with Crippen LogP contribution in [-0.4, -0.2) is 43.1 Å². The molecular formula is C19H27FN2O2. The fraction of sp³-hybridized carbons (Fsp3) is 0.632. The molecule has 1 aliphatic carbocycles. The Balaban J connectivity index is 1.48. The topological polar surface area (TPSA) is 41.6 Å². The van der Waals surface area contributed by atoms with E-state index in [1.54, 1.807) is 6.07 Å². The van der Waals surface area contributed by atoms with Gasteiger partial charge >= 0.3 is 0 Å². The third kappa shape index (κ3) is 4.26. The van der Waals surface area contributed by atoms with Crippen molar-refractivity contribution in [2.24, 2.45) is 0 Å². The van der Waals surface area contributed by atoms with Crippen LogP contribution in [0.3, 0.4) is 0 Å². The van der Waals surface area contributed by atoms with E-state index in [-0.39, 0.29) is 24.2 Å². The Hall–Kier alpha value is -1.62. The molecule has 1 saturated heterocycles. The van der Waals surface area contributed by atoms with Gasteiger partial charge in [0.05, 0.1) is 13.5 Å². The number of benzene rings is 1. The predicted molar refractivity (Wildman–Crippen MR) is 91.6 cm³/mol. The fourth-order valence-electron chi connectivity index (χ4n) is 4.02. The van der Waals surface area contributed by atoms with Crippen LogP contribution in [0.1, 0.15) is 44.1 Å². The van der Waals surface area contributed by atoms with Gasteiger partial charge in [0.15, 0.2) is 0 Å². The minimum atomic E-state index is -0.344.